The number of aryl methyl sites for hydroxylation is 1. The molecule has 4 heteroatoms. The number of carbonyl (C=O) groups is 1. The summed E-state index contributed by atoms with van der Waals surface area (Å²) in [6.45, 7) is 4.00. The van der Waals surface area contributed by atoms with Gasteiger partial charge in [0.2, 0.25) is 0 Å². The number of nitrogens with two attached hydrogens (primary N) is 1. The fourth-order valence-corrected chi connectivity index (χ4v) is 2.20. The number of benzene rings is 2. The number of phenols is 1. The molecule has 110 valence electrons. The molecule has 0 radical (unpaired) electrons. The smallest absolute Gasteiger partial charge is 0.255 e. The number of nitrogens with one attached hydrogen (secondary N) is 1. The van der Waals surface area contributed by atoms with Gasteiger partial charge in [-0.1, -0.05) is 42.0 Å². The van der Waals surface area contributed by atoms with Gasteiger partial charge in [-0.25, -0.2) is 0 Å². The minimum atomic E-state index is -0.686. The van der Waals surface area contributed by atoms with Gasteiger partial charge in [-0.05, 0) is 31.5 Å². The zero-order chi connectivity index (χ0) is 15.5. The molecule has 1 unspecified atom stereocenters. The predicted molar refractivity (Wildman–Crippen MR) is 83.2 cm³/mol. The van der Waals surface area contributed by atoms with Crippen molar-refractivity contribution in [2.24, 2.45) is 5.73 Å². The SMILES string of the molecule is Cc1ccc(O)c(C(=O)NC(C)(CN)c2ccccc2)c1. The lowest BCUT2D eigenvalue weighted by Gasteiger charge is -2.30. The Morgan fingerprint density at radius 1 is 1.24 bits per heavy atom. The maximum atomic E-state index is 12.4. The van der Waals surface area contributed by atoms with Crippen molar-refractivity contribution < 1.29 is 9.90 Å². The third-order valence-corrected chi connectivity index (χ3v) is 3.61. The van der Waals surface area contributed by atoms with E-state index in [9.17, 15) is 9.90 Å². The summed E-state index contributed by atoms with van der Waals surface area (Å²) in [5, 5.41) is 12.8. The Morgan fingerprint density at radius 2 is 1.90 bits per heavy atom. The lowest BCUT2D eigenvalue weighted by Crippen LogP contribution is -2.48. The molecule has 0 saturated heterocycles. The molecule has 0 bridgehead atoms. The molecule has 0 aliphatic carbocycles. The van der Waals surface area contributed by atoms with Crippen LogP contribution in [0.4, 0.5) is 0 Å². The average Bonchev–Trinajstić information content (AvgIpc) is 2.50. The van der Waals surface area contributed by atoms with Crippen LogP contribution in [0.15, 0.2) is 48.5 Å². The highest BCUT2D eigenvalue weighted by Gasteiger charge is 2.28. The summed E-state index contributed by atoms with van der Waals surface area (Å²) in [5.74, 6) is -0.376. The van der Waals surface area contributed by atoms with Gasteiger partial charge in [0.25, 0.3) is 5.91 Å². The highest BCUT2D eigenvalue weighted by molar-refractivity contribution is 5.97. The summed E-state index contributed by atoms with van der Waals surface area (Å²) in [7, 11) is 0. The van der Waals surface area contributed by atoms with Gasteiger partial charge < -0.3 is 16.2 Å². The Morgan fingerprint density at radius 3 is 2.52 bits per heavy atom. The topological polar surface area (TPSA) is 75.3 Å². The first-order valence-electron chi connectivity index (χ1n) is 6.84. The molecule has 2 rings (SSSR count). The molecule has 0 heterocycles. The molecule has 2 aromatic rings. The molecule has 4 N–H and O–H groups in total. The van der Waals surface area contributed by atoms with Crippen molar-refractivity contribution in [2.75, 3.05) is 6.54 Å². The largest absolute Gasteiger partial charge is 0.507 e. The summed E-state index contributed by atoms with van der Waals surface area (Å²) >= 11 is 0. The van der Waals surface area contributed by atoms with Crippen LogP contribution in [0, 0.1) is 6.92 Å². The monoisotopic (exact) mass is 284 g/mol. The first kappa shape index (κ1) is 15.1. The normalized spacial score (nSPS) is 13.5. The Kier molecular flexibility index (Phi) is 4.29. The molecule has 4 nitrogen and oxygen atoms in total. The van der Waals surface area contributed by atoms with Gasteiger partial charge in [0.1, 0.15) is 5.75 Å². The summed E-state index contributed by atoms with van der Waals surface area (Å²) in [6, 6.07) is 14.5. The van der Waals surface area contributed by atoms with Gasteiger partial charge in [-0.2, -0.15) is 0 Å². The molecule has 0 aromatic heterocycles. The number of aromatic hydroxyl groups is 1. The van der Waals surface area contributed by atoms with Crippen LogP contribution < -0.4 is 11.1 Å². The molecule has 2 aromatic carbocycles. The maximum absolute atomic E-state index is 12.4. The molecular formula is C17H20N2O2. The zero-order valence-electron chi connectivity index (χ0n) is 12.3. The van der Waals surface area contributed by atoms with Crippen molar-refractivity contribution in [3.63, 3.8) is 0 Å². The second-order valence-electron chi connectivity index (χ2n) is 5.38. The quantitative estimate of drug-likeness (QED) is 0.806. The van der Waals surface area contributed by atoms with Crippen molar-refractivity contribution in [1.29, 1.82) is 0 Å². The van der Waals surface area contributed by atoms with E-state index in [0.717, 1.165) is 11.1 Å². The highest BCUT2D eigenvalue weighted by atomic mass is 16.3. The summed E-state index contributed by atoms with van der Waals surface area (Å²) in [6.07, 6.45) is 0. The third-order valence-electron chi connectivity index (χ3n) is 3.61. The van der Waals surface area contributed by atoms with Crippen molar-refractivity contribution in [3.8, 4) is 5.75 Å². The van der Waals surface area contributed by atoms with Gasteiger partial charge in [0.05, 0.1) is 11.1 Å². The van der Waals surface area contributed by atoms with Crippen LogP contribution in [0.5, 0.6) is 5.75 Å². The van der Waals surface area contributed by atoms with Gasteiger partial charge in [0, 0.05) is 6.54 Å². The second-order valence-corrected chi connectivity index (χ2v) is 5.38. The van der Waals surface area contributed by atoms with Gasteiger partial charge in [0.15, 0.2) is 0 Å². The molecule has 0 aliphatic heterocycles. The van der Waals surface area contributed by atoms with Crippen LogP contribution in [0.3, 0.4) is 0 Å². The predicted octanol–water partition coefficient (Wildman–Crippen LogP) is 2.30. The number of carbonyl (C=O) groups excluding carboxylic acids is 1. The minimum absolute atomic E-state index is 0.0365. The molecule has 0 aliphatic rings. The van der Waals surface area contributed by atoms with E-state index in [0.29, 0.717) is 0 Å². The average molecular weight is 284 g/mol. The van der Waals surface area contributed by atoms with E-state index in [1.54, 1.807) is 12.1 Å². The number of amides is 1. The Hall–Kier alpha value is -2.33. The molecule has 1 atom stereocenters. The summed E-state index contributed by atoms with van der Waals surface area (Å²) in [5.41, 5.74) is 7.26. The lowest BCUT2D eigenvalue weighted by atomic mass is 9.91. The summed E-state index contributed by atoms with van der Waals surface area (Å²) in [4.78, 5) is 12.4. The van der Waals surface area contributed by atoms with Crippen molar-refractivity contribution >= 4 is 5.91 Å². The van der Waals surface area contributed by atoms with E-state index in [4.69, 9.17) is 5.73 Å². The first-order chi connectivity index (χ1) is 9.96. The standard InChI is InChI=1S/C17H20N2O2/c1-12-8-9-15(20)14(10-12)16(21)19-17(2,11-18)13-6-4-3-5-7-13/h3-10,20H,11,18H2,1-2H3,(H,19,21). The van der Waals surface area contributed by atoms with Crippen molar-refractivity contribution in [1.82, 2.24) is 5.32 Å². The number of rotatable bonds is 4. The molecular weight excluding hydrogens is 264 g/mol. The second kappa shape index (κ2) is 5.97. The third kappa shape index (κ3) is 3.23. The zero-order valence-corrected chi connectivity index (χ0v) is 12.3. The molecule has 0 saturated carbocycles. The number of hydrogen-bond donors (Lipinski definition) is 3. The lowest BCUT2D eigenvalue weighted by molar-refractivity contribution is 0.0904. The van der Waals surface area contributed by atoms with Crippen LogP contribution in [0.25, 0.3) is 0 Å². The Bertz CT molecular complexity index is 640. The van der Waals surface area contributed by atoms with Crippen LogP contribution in [-0.2, 0) is 5.54 Å². The van der Waals surface area contributed by atoms with Crippen molar-refractivity contribution in [3.05, 3.63) is 65.2 Å². The van der Waals surface area contributed by atoms with E-state index in [1.807, 2.05) is 44.2 Å². The van der Waals surface area contributed by atoms with Crippen LogP contribution in [0.1, 0.15) is 28.4 Å². The maximum Gasteiger partial charge on any atom is 0.255 e. The van der Waals surface area contributed by atoms with E-state index in [1.165, 1.54) is 6.07 Å². The van der Waals surface area contributed by atoms with Crippen molar-refractivity contribution in [2.45, 2.75) is 19.4 Å². The van der Waals surface area contributed by atoms with Gasteiger partial charge >= 0.3 is 0 Å². The Labute approximate surface area is 124 Å². The fourth-order valence-electron chi connectivity index (χ4n) is 2.20. The fraction of sp³-hybridized carbons (Fsp3) is 0.235. The number of phenolic OH excluding ortho intramolecular Hbond substituents is 1. The highest BCUT2D eigenvalue weighted by Crippen LogP contribution is 2.23. The van der Waals surface area contributed by atoms with E-state index >= 15 is 0 Å². The van der Waals surface area contributed by atoms with Crippen LogP contribution >= 0.6 is 0 Å². The molecule has 0 spiro atoms. The minimum Gasteiger partial charge on any atom is -0.507 e. The molecule has 21 heavy (non-hydrogen) atoms. The first-order valence-corrected chi connectivity index (χ1v) is 6.84. The molecule has 0 fully saturated rings. The Balaban J connectivity index is 2.30. The van der Waals surface area contributed by atoms with E-state index < -0.39 is 5.54 Å². The van der Waals surface area contributed by atoms with E-state index in [2.05, 4.69) is 5.32 Å². The number of hydrogen-bond acceptors (Lipinski definition) is 3. The summed E-state index contributed by atoms with van der Waals surface area (Å²) < 4.78 is 0. The van der Waals surface area contributed by atoms with E-state index in [-0.39, 0.29) is 23.8 Å². The van der Waals surface area contributed by atoms with Crippen LogP contribution in [-0.4, -0.2) is 17.6 Å². The van der Waals surface area contributed by atoms with Gasteiger partial charge in [-0.3, -0.25) is 4.79 Å². The van der Waals surface area contributed by atoms with Crippen LogP contribution in [0.2, 0.25) is 0 Å². The van der Waals surface area contributed by atoms with Gasteiger partial charge in [-0.15, -0.1) is 0 Å². The molecule has 1 amide bonds.